The molecule has 4 heteroatoms. The average Bonchev–Trinajstić information content (AvgIpc) is 2.47. The van der Waals surface area contributed by atoms with Gasteiger partial charge < -0.3 is 10.1 Å². The number of halogens is 1. The summed E-state index contributed by atoms with van der Waals surface area (Å²) in [5.41, 5.74) is 1.59. The molecule has 0 fully saturated rings. The Morgan fingerprint density at radius 1 is 1.25 bits per heavy atom. The fourth-order valence-corrected chi connectivity index (χ4v) is 2.18. The van der Waals surface area contributed by atoms with Crippen molar-refractivity contribution in [2.24, 2.45) is 0 Å². The lowest BCUT2D eigenvalue weighted by atomic mass is 10.1. The van der Waals surface area contributed by atoms with Gasteiger partial charge in [-0.25, -0.2) is 4.39 Å². The Bertz CT molecular complexity index is 545. The van der Waals surface area contributed by atoms with Crippen LogP contribution in [0.5, 0.6) is 5.75 Å². The molecule has 2 aromatic rings. The topological polar surface area (TPSA) is 34.1 Å². The quantitative estimate of drug-likeness (QED) is 0.878. The van der Waals surface area contributed by atoms with Gasteiger partial charge in [-0.05, 0) is 31.2 Å². The molecule has 0 amide bonds. The van der Waals surface area contributed by atoms with Gasteiger partial charge in [-0.1, -0.05) is 12.1 Å². The molecule has 20 heavy (non-hydrogen) atoms. The van der Waals surface area contributed by atoms with Gasteiger partial charge in [0.05, 0.1) is 7.11 Å². The standard InChI is InChI=1S/C16H19FN2O/c1-12(16-14(17)7-5-8-15(16)20-2)18-11-9-13-6-3-4-10-19-13/h3-8,10,12,18H,9,11H2,1-2H3/t12-/m0/s1. The van der Waals surface area contributed by atoms with Gasteiger partial charge in [-0.3, -0.25) is 4.98 Å². The van der Waals surface area contributed by atoms with E-state index >= 15 is 0 Å². The van der Waals surface area contributed by atoms with Gasteiger partial charge in [0.25, 0.3) is 0 Å². The summed E-state index contributed by atoms with van der Waals surface area (Å²) in [6.45, 7) is 2.66. The maximum Gasteiger partial charge on any atom is 0.131 e. The minimum atomic E-state index is -0.248. The third kappa shape index (κ3) is 3.54. The number of pyridine rings is 1. The van der Waals surface area contributed by atoms with E-state index in [9.17, 15) is 4.39 Å². The molecular weight excluding hydrogens is 255 g/mol. The van der Waals surface area contributed by atoms with Gasteiger partial charge in [0.1, 0.15) is 11.6 Å². The highest BCUT2D eigenvalue weighted by Crippen LogP contribution is 2.27. The molecule has 1 aromatic carbocycles. The Morgan fingerprint density at radius 2 is 2.10 bits per heavy atom. The van der Waals surface area contributed by atoms with Gasteiger partial charge in [0.2, 0.25) is 0 Å². The van der Waals surface area contributed by atoms with Crippen LogP contribution in [0.3, 0.4) is 0 Å². The monoisotopic (exact) mass is 274 g/mol. The van der Waals surface area contributed by atoms with Gasteiger partial charge >= 0.3 is 0 Å². The first-order chi connectivity index (χ1) is 9.72. The first-order valence-electron chi connectivity index (χ1n) is 6.68. The van der Waals surface area contributed by atoms with Crippen molar-refractivity contribution in [1.82, 2.24) is 10.3 Å². The van der Waals surface area contributed by atoms with Crippen LogP contribution in [0.2, 0.25) is 0 Å². The Hall–Kier alpha value is -1.94. The van der Waals surface area contributed by atoms with E-state index < -0.39 is 0 Å². The van der Waals surface area contributed by atoms with Crippen LogP contribution in [-0.2, 0) is 6.42 Å². The summed E-state index contributed by atoms with van der Waals surface area (Å²) >= 11 is 0. The summed E-state index contributed by atoms with van der Waals surface area (Å²) in [7, 11) is 1.55. The van der Waals surface area contributed by atoms with E-state index in [-0.39, 0.29) is 11.9 Å². The third-order valence-corrected chi connectivity index (χ3v) is 3.22. The highest BCUT2D eigenvalue weighted by atomic mass is 19.1. The molecule has 2 rings (SSSR count). The number of benzene rings is 1. The molecular formula is C16H19FN2O. The highest BCUT2D eigenvalue weighted by Gasteiger charge is 2.15. The van der Waals surface area contributed by atoms with Crippen LogP contribution in [-0.4, -0.2) is 18.6 Å². The van der Waals surface area contributed by atoms with E-state index in [1.165, 1.54) is 6.07 Å². The van der Waals surface area contributed by atoms with E-state index in [1.807, 2.05) is 25.1 Å². The number of rotatable bonds is 6. The van der Waals surface area contributed by atoms with Crippen molar-refractivity contribution in [2.45, 2.75) is 19.4 Å². The number of methoxy groups -OCH3 is 1. The van der Waals surface area contributed by atoms with E-state index in [0.29, 0.717) is 11.3 Å². The van der Waals surface area contributed by atoms with Crippen LogP contribution >= 0.6 is 0 Å². The second kappa shape index (κ2) is 7.01. The van der Waals surface area contributed by atoms with Crippen LogP contribution in [0.4, 0.5) is 4.39 Å². The second-order valence-electron chi connectivity index (χ2n) is 4.60. The zero-order valence-corrected chi connectivity index (χ0v) is 11.8. The molecule has 0 aliphatic rings. The summed E-state index contributed by atoms with van der Waals surface area (Å²) in [6, 6.07) is 10.6. The van der Waals surface area contributed by atoms with Crippen LogP contribution in [0.15, 0.2) is 42.6 Å². The fraction of sp³-hybridized carbons (Fsp3) is 0.312. The van der Waals surface area contributed by atoms with Crippen molar-refractivity contribution >= 4 is 0 Å². The number of ether oxygens (including phenoxy) is 1. The summed E-state index contributed by atoms with van der Waals surface area (Å²) in [5.74, 6) is 0.324. The molecule has 1 heterocycles. The molecule has 1 atom stereocenters. The molecule has 1 N–H and O–H groups in total. The number of nitrogens with one attached hydrogen (secondary N) is 1. The second-order valence-corrected chi connectivity index (χ2v) is 4.60. The van der Waals surface area contributed by atoms with E-state index in [0.717, 1.165) is 18.7 Å². The van der Waals surface area contributed by atoms with Crippen molar-refractivity contribution in [1.29, 1.82) is 0 Å². The molecule has 0 aliphatic carbocycles. The lowest BCUT2D eigenvalue weighted by molar-refractivity contribution is 0.394. The van der Waals surface area contributed by atoms with Gasteiger partial charge in [-0.2, -0.15) is 0 Å². The average molecular weight is 274 g/mol. The summed E-state index contributed by atoms with van der Waals surface area (Å²) < 4.78 is 19.1. The van der Waals surface area contributed by atoms with Crippen molar-refractivity contribution in [3.05, 3.63) is 59.7 Å². The van der Waals surface area contributed by atoms with Crippen molar-refractivity contribution in [2.75, 3.05) is 13.7 Å². The molecule has 0 unspecified atom stereocenters. The summed E-state index contributed by atoms with van der Waals surface area (Å²) in [5, 5.41) is 3.30. The zero-order valence-electron chi connectivity index (χ0n) is 11.8. The Labute approximate surface area is 118 Å². The molecule has 1 aromatic heterocycles. The third-order valence-electron chi connectivity index (χ3n) is 3.22. The smallest absolute Gasteiger partial charge is 0.131 e. The lowest BCUT2D eigenvalue weighted by Crippen LogP contribution is -2.23. The minimum absolute atomic E-state index is 0.116. The molecule has 0 bridgehead atoms. The van der Waals surface area contributed by atoms with Crippen LogP contribution in [0.25, 0.3) is 0 Å². The number of nitrogens with zero attached hydrogens (tertiary/aromatic N) is 1. The fourth-order valence-electron chi connectivity index (χ4n) is 2.18. The molecule has 0 saturated carbocycles. The van der Waals surface area contributed by atoms with Gasteiger partial charge in [-0.15, -0.1) is 0 Å². The molecule has 0 spiro atoms. The summed E-state index contributed by atoms with van der Waals surface area (Å²) in [6.07, 6.45) is 2.58. The molecule has 106 valence electrons. The number of aromatic nitrogens is 1. The maximum absolute atomic E-state index is 13.9. The normalized spacial score (nSPS) is 12.2. The van der Waals surface area contributed by atoms with Crippen LogP contribution in [0.1, 0.15) is 24.2 Å². The first-order valence-corrected chi connectivity index (χ1v) is 6.68. The predicted molar refractivity (Wildman–Crippen MR) is 77.3 cm³/mol. The summed E-state index contributed by atoms with van der Waals surface area (Å²) in [4.78, 5) is 4.26. The van der Waals surface area contributed by atoms with Crippen molar-refractivity contribution in [3.8, 4) is 5.75 Å². The number of hydrogen-bond acceptors (Lipinski definition) is 3. The molecule has 0 aliphatic heterocycles. The van der Waals surface area contributed by atoms with Gasteiger partial charge in [0, 0.05) is 36.5 Å². The Kier molecular flexibility index (Phi) is 5.07. The SMILES string of the molecule is COc1cccc(F)c1[C@H](C)NCCc1ccccn1. The molecule has 0 saturated heterocycles. The maximum atomic E-state index is 13.9. The van der Waals surface area contributed by atoms with Crippen molar-refractivity contribution < 1.29 is 9.13 Å². The first kappa shape index (κ1) is 14.5. The Balaban J connectivity index is 1.97. The largest absolute Gasteiger partial charge is 0.496 e. The molecule has 3 nitrogen and oxygen atoms in total. The Morgan fingerprint density at radius 3 is 2.80 bits per heavy atom. The predicted octanol–water partition coefficient (Wildman–Crippen LogP) is 3.12. The van der Waals surface area contributed by atoms with E-state index in [1.54, 1.807) is 25.4 Å². The van der Waals surface area contributed by atoms with Crippen LogP contribution < -0.4 is 10.1 Å². The van der Waals surface area contributed by atoms with Crippen LogP contribution in [0, 0.1) is 5.82 Å². The van der Waals surface area contributed by atoms with Gasteiger partial charge in [0.15, 0.2) is 0 Å². The highest BCUT2D eigenvalue weighted by molar-refractivity contribution is 5.36. The van der Waals surface area contributed by atoms with E-state index in [2.05, 4.69) is 10.3 Å². The van der Waals surface area contributed by atoms with E-state index in [4.69, 9.17) is 4.74 Å². The zero-order chi connectivity index (χ0) is 14.4. The lowest BCUT2D eigenvalue weighted by Gasteiger charge is -2.17. The number of hydrogen-bond donors (Lipinski definition) is 1. The molecule has 0 radical (unpaired) electrons. The minimum Gasteiger partial charge on any atom is -0.496 e. The van der Waals surface area contributed by atoms with Crippen molar-refractivity contribution in [3.63, 3.8) is 0 Å².